The number of aromatic nitrogens is 1. The third kappa shape index (κ3) is 4.14. The molecule has 0 bridgehead atoms. The van der Waals surface area contributed by atoms with Crippen LogP contribution in [-0.2, 0) is 15.6 Å². The summed E-state index contributed by atoms with van der Waals surface area (Å²) in [5.41, 5.74) is 4.33. The highest BCUT2D eigenvalue weighted by atomic mass is 35.5. The van der Waals surface area contributed by atoms with Gasteiger partial charge in [-0.1, -0.05) is 23.2 Å². The number of hydrogen-bond acceptors (Lipinski definition) is 6. The number of carbonyl (C=O) groups excluding carboxylic acids is 1. The molecule has 2 heterocycles. The van der Waals surface area contributed by atoms with E-state index in [0.717, 1.165) is 10.4 Å². The molecule has 1 amide bonds. The SMILES string of the molecule is CN1C(N)=N[C@](C)(c2cc(NC(=O)c3ncc(Cl)cc3Cl)ccc2F)CS1(=O)=O. The highest BCUT2D eigenvalue weighted by Gasteiger charge is 2.41. The standard InChI is InChI=1S/C17H16Cl2FN5O3S/c1-17(8-29(27,28)25(2)16(21)24-17)11-6-10(3-4-13(11)20)23-15(26)14-12(19)5-9(18)7-22-14/h3-7H,8H2,1-2H3,(H2,21,24)(H,23,26)/t17-/m0/s1. The van der Waals surface area contributed by atoms with Crippen LogP contribution >= 0.6 is 23.2 Å². The van der Waals surface area contributed by atoms with Gasteiger partial charge in [0.15, 0.2) is 0 Å². The van der Waals surface area contributed by atoms with Crippen molar-refractivity contribution in [3.05, 3.63) is 57.6 Å². The first-order valence-electron chi connectivity index (χ1n) is 8.17. The molecule has 1 atom stereocenters. The minimum atomic E-state index is -3.79. The minimum Gasteiger partial charge on any atom is -0.369 e. The second kappa shape index (κ2) is 7.43. The lowest BCUT2D eigenvalue weighted by Crippen LogP contribution is -2.50. The quantitative estimate of drug-likeness (QED) is 0.730. The van der Waals surface area contributed by atoms with E-state index < -0.39 is 33.0 Å². The molecule has 12 heteroatoms. The fourth-order valence-corrected chi connectivity index (χ4v) is 4.79. The predicted molar refractivity (Wildman–Crippen MR) is 109 cm³/mol. The van der Waals surface area contributed by atoms with Crippen molar-refractivity contribution in [2.24, 2.45) is 10.7 Å². The van der Waals surface area contributed by atoms with E-state index in [1.807, 2.05) is 0 Å². The van der Waals surface area contributed by atoms with Gasteiger partial charge in [-0.2, -0.15) is 0 Å². The largest absolute Gasteiger partial charge is 0.369 e. The highest BCUT2D eigenvalue weighted by molar-refractivity contribution is 7.89. The van der Waals surface area contributed by atoms with Crippen molar-refractivity contribution in [1.82, 2.24) is 9.29 Å². The zero-order valence-electron chi connectivity index (χ0n) is 15.3. The second-order valence-electron chi connectivity index (χ2n) is 6.60. The number of hydrogen-bond donors (Lipinski definition) is 2. The van der Waals surface area contributed by atoms with Crippen molar-refractivity contribution < 1.29 is 17.6 Å². The smallest absolute Gasteiger partial charge is 0.275 e. The van der Waals surface area contributed by atoms with Gasteiger partial charge in [0, 0.05) is 24.5 Å². The van der Waals surface area contributed by atoms with Gasteiger partial charge in [-0.25, -0.2) is 27.1 Å². The lowest BCUT2D eigenvalue weighted by molar-refractivity contribution is 0.102. The Morgan fingerprint density at radius 3 is 2.66 bits per heavy atom. The zero-order chi connectivity index (χ0) is 21.6. The average Bonchev–Trinajstić information content (AvgIpc) is 2.60. The number of rotatable bonds is 3. The Balaban J connectivity index is 1.98. The predicted octanol–water partition coefficient (Wildman–Crippen LogP) is 2.58. The molecular weight excluding hydrogens is 444 g/mol. The van der Waals surface area contributed by atoms with Gasteiger partial charge in [-0.15, -0.1) is 0 Å². The molecule has 0 radical (unpaired) electrons. The normalized spacial score (nSPS) is 20.9. The zero-order valence-corrected chi connectivity index (χ0v) is 17.6. The monoisotopic (exact) mass is 459 g/mol. The van der Waals surface area contributed by atoms with Crippen LogP contribution in [0.25, 0.3) is 0 Å². The van der Waals surface area contributed by atoms with Crippen molar-refractivity contribution in [1.29, 1.82) is 0 Å². The fourth-order valence-electron chi connectivity index (χ4n) is 2.88. The van der Waals surface area contributed by atoms with Crippen LogP contribution in [0.1, 0.15) is 23.0 Å². The number of pyridine rings is 1. The summed E-state index contributed by atoms with van der Waals surface area (Å²) >= 11 is 11.8. The minimum absolute atomic E-state index is 0.0370. The summed E-state index contributed by atoms with van der Waals surface area (Å²) in [6, 6.07) is 5.09. The molecule has 1 aromatic carbocycles. The number of carbonyl (C=O) groups is 1. The molecule has 0 aliphatic carbocycles. The molecule has 29 heavy (non-hydrogen) atoms. The first kappa shape index (κ1) is 21.3. The van der Waals surface area contributed by atoms with E-state index in [2.05, 4.69) is 15.3 Å². The molecule has 154 valence electrons. The summed E-state index contributed by atoms with van der Waals surface area (Å²) in [7, 11) is -2.52. The van der Waals surface area contributed by atoms with Crippen LogP contribution in [0.5, 0.6) is 0 Å². The molecule has 1 aliphatic rings. The van der Waals surface area contributed by atoms with Gasteiger partial charge >= 0.3 is 0 Å². The maximum absolute atomic E-state index is 14.6. The first-order chi connectivity index (χ1) is 13.4. The molecule has 0 fully saturated rings. The number of anilines is 1. The first-order valence-corrected chi connectivity index (χ1v) is 10.5. The summed E-state index contributed by atoms with van der Waals surface area (Å²) in [6.07, 6.45) is 1.26. The fraction of sp³-hybridized carbons (Fsp3) is 0.235. The van der Waals surface area contributed by atoms with Gasteiger partial charge in [0.05, 0.1) is 15.8 Å². The number of aliphatic imine (C=N–C) groups is 1. The number of halogens is 3. The number of guanidine groups is 1. The summed E-state index contributed by atoms with van der Waals surface area (Å²) in [6.45, 7) is 1.45. The molecule has 0 saturated heterocycles. The third-order valence-electron chi connectivity index (χ3n) is 4.39. The molecule has 0 spiro atoms. The van der Waals surface area contributed by atoms with Crippen LogP contribution in [0, 0.1) is 5.82 Å². The van der Waals surface area contributed by atoms with Crippen molar-refractivity contribution in [3.63, 3.8) is 0 Å². The van der Waals surface area contributed by atoms with E-state index in [9.17, 15) is 17.6 Å². The van der Waals surface area contributed by atoms with Crippen LogP contribution in [-0.4, -0.2) is 42.4 Å². The average molecular weight is 460 g/mol. The Bertz CT molecular complexity index is 1140. The number of nitrogens with one attached hydrogen (secondary N) is 1. The van der Waals surface area contributed by atoms with Crippen molar-refractivity contribution in [2.75, 3.05) is 18.1 Å². The van der Waals surface area contributed by atoms with E-state index in [4.69, 9.17) is 28.9 Å². The van der Waals surface area contributed by atoms with E-state index in [-0.39, 0.29) is 32.9 Å². The van der Waals surface area contributed by atoms with E-state index >= 15 is 0 Å². The lowest BCUT2D eigenvalue weighted by Gasteiger charge is -2.34. The van der Waals surface area contributed by atoms with E-state index in [1.54, 1.807) is 0 Å². The van der Waals surface area contributed by atoms with Gasteiger partial charge in [0.1, 0.15) is 17.1 Å². The number of nitrogens with two attached hydrogens (primary N) is 1. The molecule has 3 N–H and O–H groups in total. The van der Waals surface area contributed by atoms with Crippen LogP contribution in [0.4, 0.5) is 10.1 Å². The van der Waals surface area contributed by atoms with Crippen LogP contribution in [0.3, 0.4) is 0 Å². The molecule has 8 nitrogen and oxygen atoms in total. The van der Waals surface area contributed by atoms with Crippen molar-refractivity contribution in [2.45, 2.75) is 12.5 Å². The molecule has 1 aliphatic heterocycles. The number of sulfonamides is 1. The van der Waals surface area contributed by atoms with Crippen molar-refractivity contribution >= 4 is 50.8 Å². The Hall–Kier alpha value is -2.43. The van der Waals surface area contributed by atoms with Crippen LogP contribution in [0.2, 0.25) is 10.0 Å². The molecule has 0 saturated carbocycles. The highest BCUT2D eigenvalue weighted by Crippen LogP contribution is 2.35. The third-order valence-corrected chi connectivity index (χ3v) is 6.84. The molecule has 1 aromatic heterocycles. The number of benzene rings is 1. The Morgan fingerprint density at radius 1 is 1.34 bits per heavy atom. The van der Waals surface area contributed by atoms with Gasteiger partial charge in [0.25, 0.3) is 5.91 Å². The van der Waals surface area contributed by atoms with Crippen molar-refractivity contribution in [3.8, 4) is 0 Å². The molecule has 3 rings (SSSR count). The molecule has 2 aromatic rings. The summed E-state index contributed by atoms with van der Waals surface area (Å²) < 4.78 is 40.1. The number of amides is 1. The summed E-state index contributed by atoms with van der Waals surface area (Å²) in [5.74, 6) is -2.08. The second-order valence-corrected chi connectivity index (χ2v) is 9.44. The molecular formula is C17H16Cl2FN5O3S. The Labute approximate surface area is 176 Å². The summed E-state index contributed by atoms with van der Waals surface area (Å²) in [4.78, 5) is 20.5. The van der Waals surface area contributed by atoms with Crippen LogP contribution in [0.15, 0.2) is 35.5 Å². The van der Waals surface area contributed by atoms with Gasteiger partial charge in [0.2, 0.25) is 16.0 Å². The summed E-state index contributed by atoms with van der Waals surface area (Å²) in [5, 5.41) is 2.86. The van der Waals surface area contributed by atoms with Crippen LogP contribution < -0.4 is 11.1 Å². The van der Waals surface area contributed by atoms with E-state index in [0.29, 0.717) is 0 Å². The lowest BCUT2D eigenvalue weighted by atomic mass is 9.93. The van der Waals surface area contributed by atoms with Gasteiger partial charge in [-0.05, 0) is 31.2 Å². The van der Waals surface area contributed by atoms with Gasteiger partial charge < -0.3 is 11.1 Å². The Kier molecular flexibility index (Phi) is 5.46. The van der Waals surface area contributed by atoms with E-state index in [1.165, 1.54) is 38.4 Å². The maximum atomic E-state index is 14.6. The number of nitrogens with zero attached hydrogens (tertiary/aromatic N) is 3. The maximum Gasteiger partial charge on any atom is 0.275 e. The van der Waals surface area contributed by atoms with Gasteiger partial charge in [-0.3, -0.25) is 4.79 Å². The molecule has 0 unspecified atom stereocenters. The Morgan fingerprint density at radius 2 is 2.03 bits per heavy atom. The topological polar surface area (TPSA) is 118 Å².